The minimum atomic E-state index is 0.690. The number of rotatable bonds is 5. The van der Waals surface area contributed by atoms with Gasteiger partial charge < -0.3 is 10.1 Å². The zero-order valence-electron chi connectivity index (χ0n) is 11.5. The van der Waals surface area contributed by atoms with Gasteiger partial charge in [-0.3, -0.25) is 0 Å². The summed E-state index contributed by atoms with van der Waals surface area (Å²) in [7, 11) is 1.64. The smallest absolute Gasteiger partial charge is 0.119 e. The SMILES string of the molecule is CCSc1cccc(Nc2ccc(OC)cc2)c1C#N. The summed E-state index contributed by atoms with van der Waals surface area (Å²) in [5, 5.41) is 12.6. The molecule has 0 saturated carbocycles. The Kier molecular flexibility index (Phi) is 4.91. The van der Waals surface area contributed by atoms with Crippen LogP contribution in [-0.4, -0.2) is 12.9 Å². The monoisotopic (exact) mass is 284 g/mol. The molecule has 0 amide bonds. The first-order valence-corrected chi connectivity index (χ1v) is 7.34. The highest BCUT2D eigenvalue weighted by molar-refractivity contribution is 7.99. The summed E-state index contributed by atoms with van der Waals surface area (Å²) in [5.74, 6) is 1.76. The van der Waals surface area contributed by atoms with Crippen LogP contribution in [0, 0.1) is 11.3 Å². The fraction of sp³-hybridized carbons (Fsp3) is 0.188. The number of hydrogen-bond donors (Lipinski definition) is 1. The summed E-state index contributed by atoms with van der Waals surface area (Å²) in [4.78, 5) is 1.01. The van der Waals surface area contributed by atoms with Gasteiger partial charge in [-0.15, -0.1) is 11.8 Å². The lowest BCUT2D eigenvalue weighted by atomic mass is 10.2. The van der Waals surface area contributed by atoms with E-state index in [0.717, 1.165) is 27.8 Å². The maximum Gasteiger partial charge on any atom is 0.119 e. The van der Waals surface area contributed by atoms with Gasteiger partial charge in [0.15, 0.2) is 0 Å². The van der Waals surface area contributed by atoms with E-state index in [2.05, 4.69) is 18.3 Å². The molecule has 0 spiro atoms. The Hall–Kier alpha value is -2.12. The highest BCUT2D eigenvalue weighted by Gasteiger charge is 2.08. The Balaban J connectivity index is 2.28. The molecule has 0 radical (unpaired) electrons. The first-order chi connectivity index (χ1) is 9.78. The van der Waals surface area contributed by atoms with E-state index in [1.54, 1.807) is 18.9 Å². The highest BCUT2D eigenvalue weighted by Crippen LogP contribution is 2.30. The Morgan fingerprint density at radius 3 is 2.55 bits per heavy atom. The van der Waals surface area contributed by atoms with Crippen LogP contribution in [0.4, 0.5) is 11.4 Å². The Morgan fingerprint density at radius 1 is 1.20 bits per heavy atom. The summed E-state index contributed by atoms with van der Waals surface area (Å²) in [5.41, 5.74) is 2.45. The van der Waals surface area contributed by atoms with Gasteiger partial charge in [0.2, 0.25) is 0 Å². The van der Waals surface area contributed by atoms with Crippen molar-refractivity contribution in [2.24, 2.45) is 0 Å². The van der Waals surface area contributed by atoms with Gasteiger partial charge in [-0.2, -0.15) is 5.26 Å². The van der Waals surface area contributed by atoms with Crippen molar-refractivity contribution in [1.82, 2.24) is 0 Å². The van der Waals surface area contributed by atoms with Gasteiger partial charge in [0.25, 0.3) is 0 Å². The minimum Gasteiger partial charge on any atom is -0.497 e. The molecular formula is C16H16N2OS. The second-order valence-electron chi connectivity index (χ2n) is 4.08. The van der Waals surface area contributed by atoms with Crippen LogP contribution in [0.5, 0.6) is 5.75 Å². The molecule has 4 heteroatoms. The summed E-state index contributed by atoms with van der Waals surface area (Å²) < 4.78 is 5.13. The van der Waals surface area contributed by atoms with E-state index in [1.165, 1.54) is 0 Å². The summed E-state index contributed by atoms with van der Waals surface area (Å²) >= 11 is 1.67. The molecule has 2 aromatic carbocycles. The molecule has 102 valence electrons. The number of thioether (sulfide) groups is 1. The Labute approximate surface area is 123 Å². The number of nitrogens with zero attached hydrogens (tertiary/aromatic N) is 1. The van der Waals surface area contributed by atoms with Crippen molar-refractivity contribution in [3.8, 4) is 11.8 Å². The van der Waals surface area contributed by atoms with Gasteiger partial charge >= 0.3 is 0 Å². The van der Waals surface area contributed by atoms with E-state index >= 15 is 0 Å². The molecule has 0 aliphatic heterocycles. The quantitative estimate of drug-likeness (QED) is 0.825. The Bertz CT molecular complexity index is 617. The second-order valence-corrected chi connectivity index (χ2v) is 5.38. The van der Waals surface area contributed by atoms with Gasteiger partial charge in [-0.1, -0.05) is 13.0 Å². The van der Waals surface area contributed by atoms with Crippen LogP contribution in [0.3, 0.4) is 0 Å². The van der Waals surface area contributed by atoms with Gasteiger partial charge in [-0.25, -0.2) is 0 Å². The molecule has 0 aromatic heterocycles. The third kappa shape index (κ3) is 3.25. The fourth-order valence-electron chi connectivity index (χ4n) is 1.86. The normalized spacial score (nSPS) is 9.85. The predicted molar refractivity (Wildman–Crippen MR) is 83.8 cm³/mol. The zero-order valence-corrected chi connectivity index (χ0v) is 12.3. The van der Waals surface area contributed by atoms with Gasteiger partial charge in [-0.05, 0) is 42.2 Å². The van der Waals surface area contributed by atoms with E-state index in [4.69, 9.17) is 4.74 Å². The number of nitrogens with one attached hydrogen (secondary N) is 1. The molecule has 3 nitrogen and oxygen atoms in total. The average molecular weight is 284 g/mol. The van der Waals surface area contributed by atoms with Crippen molar-refractivity contribution in [2.75, 3.05) is 18.2 Å². The largest absolute Gasteiger partial charge is 0.497 e. The summed E-state index contributed by atoms with van der Waals surface area (Å²) in [6.45, 7) is 2.08. The summed E-state index contributed by atoms with van der Waals surface area (Å²) in [6, 6.07) is 15.8. The van der Waals surface area contributed by atoms with Crippen LogP contribution in [-0.2, 0) is 0 Å². The molecule has 0 atom stereocenters. The molecule has 2 aromatic rings. The maximum absolute atomic E-state index is 9.36. The van der Waals surface area contributed by atoms with Gasteiger partial charge in [0.1, 0.15) is 11.8 Å². The van der Waals surface area contributed by atoms with Gasteiger partial charge in [0.05, 0.1) is 18.4 Å². The molecule has 0 fully saturated rings. The lowest BCUT2D eigenvalue weighted by Crippen LogP contribution is -1.95. The number of hydrogen-bond acceptors (Lipinski definition) is 4. The molecule has 0 unspecified atom stereocenters. The molecule has 0 aliphatic carbocycles. The van der Waals surface area contributed by atoms with Crippen LogP contribution < -0.4 is 10.1 Å². The van der Waals surface area contributed by atoms with Crippen molar-refractivity contribution in [1.29, 1.82) is 5.26 Å². The number of anilines is 2. The second kappa shape index (κ2) is 6.88. The molecule has 20 heavy (non-hydrogen) atoms. The average Bonchev–Trinajstić information content (AvgIpc) is 2.49. The first kappa shape index (κ1) is 14.3. The van der Waals surface area contributed by atoms with Crippen LogP contribution in [0.25, 0.3) is 0 Å². The van der Waals surface area contributed by atoms with Crippen molar-refractivity contribution in [3.05, 3.63) is 48.0 Å². The van der Waals surface area contributed by atoms with Crippen LogP contribution in [0.1, 0.15) is 12.5 Å². The number of methoxy groups -OCH3 is 1. The lowest BCUT2D eigenvalue weighted by Gasteiger charge is -2.11. The standard InChI is InChI=1S/C16H16N2OS/c1-3-20-16-6-4-5-15(14(16)11-17)18-12-7-9-13(19-2)10-8-12/h4-10,18H,3H2,1-2H3. The molecule has 0 bridgehead atoms. The molecule has 0 heterocycles. The van der Waals surface area contributed by atoms with Crippen molar-refractivity contribution in [2.45, 2.75) is 11.8 Å². The zero-order chi connectivity index (χ0) is 14.4. The summed E-state index contributed by atoms with van der Waals surface area (Å²) in [6.07, 6.45) is 0. The fourth-order valence-corrected chi connectivity index (χ4v) is 2.64. The molecule has 0 aliphatic rings. The number of benzene rings is 2. The number of ether oxygens (including phenoxy) is 1. The molecule has 2 rings (SSSR count). The van der Waals surface area contributed by atoms with Crippen LogP contribution in [0.2, 0.25) is 0 Å². The van der Waals surface area contributed by atoms with E-state index in [9.17, 15) is 5.26 Å². The molecule has 1 N–H and O–H groups in total. The van der Waals surface area contributed by atoms with Crippen molar-refractivity contribution < 1.29 is 4.74 Å². The van der Waals surface area contributed by atoms with Crippen LogP contribution >= 0.6 is 11.8 Å². The predicted octanol–water partition coefficient (Wildman–Crippen LogP) is 4.42. The van der Waals surface area contributed by atoms with E-state index < -0.39 is 0 Å². The third-order valence-electron chi connectivity index (χ3n) is 2.81. The Morgan fingerprint density at radius 2 is 1.95 bits per heavy atom. The van der Waals surface area contributed by atoms with E-state index in [-0.39, 0.29) is 0 Å². The topological polar surface area (TPSA) is 45.0 Å². The minimum absolute atomic E-state index is 0.690. The maximum atomic E-state index is 9.36. The first-order valence-electron chi connectivity index (χ1n) is 6.35. The van der Waals surface area contributed by atoms with Crippen molar-refractivity contribution in [3.63, 3.8) is 0 Å². The molecular weight excluding hydrogens is 268 g/mol. The molecule has 0 saturated heterocycles. The van der Waals surface area contributed by atoms with Gasteiger partial charge in [0, 0.05) is 10.6 Å². The lowest BCUT2D eigenvalue weighted by molar-refractivity contribution is 0.415. The van der Waals surface area contributed by atoms with Crippen LogP contribution in [0.15, 0.2) is 47.4 Å². The van der Waals surface area contributed by atoms with Crippen molar-refractivity contribution >= 4 is 23.1 Å². The highest BCUT2D eigenvalue weighted by atomic mass is 32.2. The van der Waals surface area contributed by atoms with E-state index in [0.29, 0.717) is 5.56 Å². The number of nitriles is 1. The third-order valence-corrected chi connectivity index (χ3v) is 3.75. The van der Waals surface area contributed by atoms with E-state index in [1.807, 2.05) is 42.5 Å².